The second-order valence-electron chi connectivity index (χ2n) is 6.45. The first-order chi connectivity index (χ1) is 11.3. The molecule has 7 nitrogen and oxygen atoms in total. The third-order valence-corrected chi connectivity index (χ3v) is 4.97. The van der Waals surface area contributed by atoms with Crippen molar-refractivity contribution in [1.82, 2.24) is 19.8 Å². The lowest BCUT2D eigenvalue weighted by Crippen LogP contribution is -2.58. The molecular formula is C16H22N4O3. The van der Waals surface area contributed by atoms with Gasteiger partial charge in [0.1, 0.15) is 6.61 Å². The molecule has 3 fully saturated rings. The standard InChI is InChI=1S/C16H22N4O3/c21-16-11-23-15-10-19(8-12-7-17-3-4-18-12)9-14(15)20(16)13-1-5-22-6-2-13/h3-4,7,13-15H,1-2,5-6,8-11H2/t14-,15-/m0/s1. The molecule has 0 aromatic carbocycles. The van der Waals surface area contributed by atoms with E-state index in [1.807, 2.05) is 0 Å². The summed E-state index contributed by atoms with van der Waals surface area (Å²) in [6, 6.07) is 0.445. The van der Waals surface area contributed by atoms with Crippen LogP contribution in [0.1, 0.15) is 18.5 Å². The lowest BCUT2D eigenvalue weighted by atomic mass is 10.0. The molecule has 1 amide bonds. The number of hydrogen-bond acceptors (Lipinski definition) is 6. The van der Waals surface area contributed by atoms with Gasteiger partial charge in [0.15, 0.2) is 0 Å². The molecule has 0 aliphatic carbocycles. The molecule has 0 spiro atoms. The zero-order valence-electron chi connectivity index (χ0n) is 13.1. The molecule has 2 atom stereocenters. The summed E-state index contributed by atoms with van der Waals surface area (Å²) in [5.74, 6) is 0.125. The molecule has 0 unspecified atom stereocenters. The lowest BCUT2D eigenvalue weighted by Gasteiger charge is -2.43. The van der Waals surface area contributed by atoms with E-state index in [2.05, 4.69) is 19.8 Å². The van der Waals surface area contributed by atoms with Crippen LogP contribution in [-0.4, -0.2) is 76.8 Å². The molecular weight excluding hydrogens is 296 g/mol. The van der Waals surface area contributed by atoms with Gasteiger partial charge in [-0.05, 0) is 12.8 Å². The van der Waals surface area contributed by atoms with Crippen LogP contribution in [0.4, 0.5) is 0 Å². The summed E-state index contributed by atoms with van der Waals surface area (Å²) < 4.78 is 11.2. The van der Waals surface area contributed by atoms with Gasteiger partial charge in [-0.15, -0.1) is 0 Å². The maximum atomic E-state index is 12.4. The SMILES string of the molecule is O=C1CO[C@H]2CN(Cc3cnccn3)C[C@@H]2N1C1CCOCC1. The molecule has 4 rings (SSSR count). The average molecular weight is 318 g/mol. The number of fused-ring (bicyclic) bond motifs is 1. The van der Waals surface area contributed by atoms with E-state index in [4.69, 9.17) is 9.47 Å². The topological polar surface area (TPSA) is 67.8 Å². The Morgan fingerprint density at radius 1 is 1.22 bits per heavy atom. The van der Waals surface area contributed by atoms with Gasteiger partial charge >= 0.3 is 0 Å². The van der Waals surface area contributed by atoms with Gasteiger partial charge in [0, 0.05) is 57.5 Å². The van der Waals surface area contributed by atoms with Crippen LogP contribution in [0, 0.1) is 0 Å². The van der Waals surface area contributed by atoms with Crippen molar-refractivity contribution >= 4 is 5.91 Å². The second kappa shape index (κ2) is 6.51. The minimum atomic E-state index is 0.104. The molecule has 23 heavy (non-hydrogen) atoms. The molecule has 1 aromatic heterocycles. The quantitative estimate of drug-likeness (QED) is 0.785. The van der Waals surface area contributed by atoms with Crippen molar-refractivity contribution in [3.05, 3.63) is 24.3 Å². The highest BCUT2D eigenvalue weighted by molar-refractivity contribution is 5.79. The molecule has 1 aromatic rings. The van der Waals surface area contributed by atoms with Crippen LogP contribution >= 0.6 is 0 Å². The third-order valence-electron chi connectivity index (χ3n) is 4.97. The first kappa shape index (κ1) is 15.0. The third kappa shape index (κ3) is 3.08. The molecule has 0 N–H and O–H groups in total. The van der Waals surface area contributed by atoms with Crippen LogP contribution in [0.3, 0.4) is 0 Å². The van der Waals surface area contributed by atoms with E-state index < -0.39 is 0 Å². The number of hydrogen-bond donors (Lipinski definition) is 0. The van der Waals surface area contributed by atoms with Crippen molar-refractivity contribution in [2.24, 2.45) is 0 Å². The normalized spacial score (nSPS) is 29.7. The minimum Gasteiger partial charge on any atom is -0.381 e. The van der Waals surface area contributed by atoms with Crippen molar-refractivity contribution in [1.29, 1.82) is 0 Å². The highest BCUT2D eigenvalue weighted by atomic mass is 16.5. The summed E-state index contributed by atoms with van der Waals surface area (Å²) in [6.07, 6.45) is 7.16. The second-order valence-corrected chi connectivity index (χ2v) is 6.45. The van der Waals surface area contributed by atoms with E-state index >= 15 is 0 Å². The maximum Gasteiger partial charge on any atom is 0.249 e. The van der Waals surface area contributed by atoms with E-state index in [-0.39, 0.29) is 24.7 Å². The number of ether oxygens (including phenoxy) is 2. The number of rotatable bonds is 3. The fraction of sp³-hybridized carbons (Fsp3) is 0.688. The van der Waals surface area contributed by atoms with Crippen molar-refractivity contribution in [3.63, 3.8) is 0 Å². The molecule has 3 saturated heterocycles. The van der Waals surface area contributed by atoms with Gasteiger partial charge in [0.2, 0.25) is 5.91 Å². The molecule has 4 heterocycles. The molecule has 7 heteroatoms. The summed E-state index contributed by atoms with van der Waals surface area (Å²) in [5.41, 5.74) is 0.954. The number of aromatic nitrogens is 2. The van der Waals surface area contributed by atoms with Gasteiger partial charge in [-0.1, -0.05) is 0 Å². The Hall–Kier alpha value is -1.57. The number of morpholine rings is 1. The van der Waals surface area contributed by atoms with Gasteiger partial charge in [-0.2, -0.15) is 0 Å². The van der Waals surface area contributed by atoms with E-state index in [0.717, 1.165) is 51.4 Å². The van der Waals surface area contributed by atoms with E-state index in [1.165, 1.54) is 0 Å². The van der Waals surface area contributed by atoms with Gasteiger partial charge < -0.3 is 14.4 Å². The van der Waals surface area contributed by atoms with Crippen molar-refractivity contribution < 1.29 is 14.3 Å². The summed E-state index contributed by atoms with van der Waals surface area (Å²) >= 11 is 0. The lowest BCUT2D eigenvalue weighted by molar-refractivity contribution is -0.159. The smallest absolute Gasteiger partial charge is 0.249 e. The molecule has 0 saturated carbocycles. The van der Waals surface area contributed by atoms with Crippen LogP contribution in [0.15, 0.2) is 18.6 Å². The Labute approximate surface area is 135 Å². The largest absolute Gasteiger partial charge is 0.381 e. The number of likely N-dealkylation sites (tertiary alicyclic amines) is 1. The number of carbonyl (C=O) groups excluding carboxylic acids is 1. The Morgan fingerprint density at radius 3 is 2.87 bits per heavy atom. The van der Waals surface area contributed by atoms with Crippen LogP contribution in [0.5, 0.6) is 0 Å². The highest BCUT2D eigenvalue weighted by Crippen LogP contribution is 2.29. The van der Waals surface area contributed by atoms with Crippen LogP contribution < -0.4 is 0 Å². The van der Waals surface area contributed by atoms with Crippen molar-refractivity contribution in [3.8, 4) is 0 Å². The molecule has 3 aliphatic heterocycles. The first-order valence-electron chi connectivity index (χ1n) is 8.29. The Bertz CT molecular complexity index is 550. The van der Waals surface area contributed by atoms with Crippen molar-refractivity contribution in [2.45, 2.75) is 37.6 Å². The molecule has 3 aliphatic rings. The van der Waals surface area contributed by atoms with E-state index in [0.29, 0.717) is 6.04 Å². The number of amides is 1. The van der Waals surface area contributed by atoms with Gasteiger partial charge in [-0.3, -0.25) is 19.7 Å². The van der Waals surface area contributed by atoms with Gasteiger partial charge in [-0.25, -0.2) is 0 Å². The molecule has 0 radical (unpaired) electrons. The zero-order chi connectivity index (χ0) is 15.6. The fourth-order valence-corrected chi connectivity index (χ4v) is 3.91. The van der Waals surface area contributed by atoms with Gasteiger partial charge in [0.25, 0.3) is 0 Å². The number of carbonyl (C=O) groups is 1. The Balaban J connectivity index is 1.46. The van der Waals surface area contributed by atoms with Crippen LogP contribution in [0.25, 0.3) is 0 Å². The monoisotopic (exact) mass is 318 g/mol. The fourth-order valence-electron chi connectivity index (χ4n) is 3.91. The maximum absolute atomic E-state index is 12.4. The van der Waals surface area contributed by atoms with Gasteiger partial charge in [0.05, 0.1) is 17.8 Å². The van der Waals surface area contributed by atoms with E-state index in [9.17, 15) is 4.79 Å². The predicted octanol–water partition coefficient (Wildman–Crippen LogP) is 0.0672. The summed E-state index contributed by atoms with van der Waals surface area (Å²) in [6.45, 7) is 4.13. The Morgan fingerprint density at radius 2 is 2.09 bits per heavy atom. The Kier molecular flexibility index (Phi) is 4.24. The first-order valence-corrected chi connectivity index (χ1v) is 8.29. The van der Waals surface area contributed by atoms with Crippen LogP contribution in [-0.2, 0) is 20.8 Å². The van der Waals surface area contributed by atoms with E-state index in [1.54, 1.807) is 18.6 Å². The van der Waals surface area contributed by atoms with Crippen molar-refractivity contribution in [2.75, 3.05) is 32.9 Å². The zero-order valence-corrected chi connectivity index (χ0v) is 13.1. The van der Waals surface area contributed by atoms with Crippen LogP contribution in [0.2, 0.25) is 0 Å². The average Bonchev–Trinajstić information content (AvgIpc) is 2.99. The summed E-state index contributed by atoms with van der Waals surface area (Å²) in [5, 5.41) is 0. The summed E-state index contributed by atoms with van der Waals surface area (Å²) in [4.78, 5) is 25.3. The number of nitrogens with zero attached hydrogens (tertiary/aromatic N) is 4. The predicted molar refractivity (Wildman–Crippen MR) is 81.5 cm³/mol. The minimum absolute atomic E-state index is 0.104. The molecule has 124 valence electrons. The molecule has 0 bridgehead atoms. The summed E-state index contributed by atoms with van der Waals surface area (Å²) in [7, 11) is 0. The highest BCUT2D eigenvalue weighted by Gasteiger charge is 2.45.